The van der Waals surface area contributed by atoms with Gasteiger partial charge in [0, 0.05) is 19.7 Å². The molecule has 0 radical (unpaired) electrons. The van der Waals surface area contributed by atoms with Crippen molar-refractivity contribution in [3.63, 3.8) is 0 Å². The van der Waals surface area contributed by atoms with Crippen LogP contribution in [0.5, 0.6) is 5.88 Å². The van der Waals surface area contributed by atoms with Crippen LogP contribution in [-0.4, -0.2) is 30.2 Å². The molecule has 1 aromatic rings. The lowest BCUT2D eigenvalue weighted by atomic mass is 9.90. The quantitative estimate of drug-likeness (QED) is 0.831. The standard InChI is InChI=1S/C15H25N3O2/c1-3-19-11-14-17-13(16-2)9-15(18-14)20-10-12-7-5-4-6-8-12/h9,12H,3-8,10-11H2,1-2H3,(H,16,17,18). The third-order valence-corrected chi connectivity index (χ3v) is 3.63. The van der Waals surface area contributed by atoms with Gasteiger partial charge in [0.15, 0.2) is 5.82 Å². The first-order chi connectivity index (χ1) is 9.81. The zero-order valence-electron chi connectivity index (χ0n) is 12.5. The fourth-order valence-corrected chi connectivity index (χ4v) is 2.49. The molecule has 2 rings (SSSR count). The van der Waals surface area contributed by atoms with Crippen LogP contribution in [0.3, 0.4) is 0 Å². The molecule has 1 heterocycles. The van der Waals surface area contributed by atoms with Gasteiger partial charge in [0.25, 0.3) is 0 Å². The van der Waals surface area contributed by atoms with Crippen molar-refractivity contribution in [2.45, 2.75) is 45.6 Å². The first kappa shape index (κ1) is 15.0. The van der Waals surface area contributed by atoms with E-state index in [9.17, 15) is 0 Å². The fraction of sp³-hybridized carbons (Fsp3) is 0.733. The van der Waals surface area contributed by atoms with Gasteiger partial charge in [0.1, 0.15) is 12.4 Å². The normalized spacial score (nSPS) is 16.1. The van der Waals surface area contributed by atoms with Crippen LogP contribution in [0.25, 0.3) is 0 Å². The highest BCUT2D eigenvalue weighted by Crippen LogP contribution is 2.24. The predicted octanol–water partition coefficient (Wildman–Crippen LogP) is 3.01. The van der Waals surface area contributed by atoms with E-state index in [4.69, 9.17) is 9.47 Å². The Morgan fingerprint density at radius 3 is 2.75 bits per heavy atom. The highest BCUT2D eigenvalue weighted by molar-refractivity contribution is 5.37. The number of nitrogens with one attached hydrogen (secondary N) is 1. The molecule has 0 spiro atoms. The van der Waals surface area contributed by atoms with E-state index >= 15 is 0 Å². The highest BCUT2D eigenvalue weighted by Gasteiger charge is 2.15. The van der Waals surface area contributed by atoms with Gasteiger partial charge < -0.3 is 14.8 Å². The topological polar surface area (TPSA) is 56.3 Å². The zero-order valence-corrected chi connectivity index (χ0v) is 12.5. The predicted molar refractivity (Wildman–Crippen MR) is 79.0 cm³/mol. The van der Waals surface area contributed by atoms with Crippen LogP contribution in [0.4, 0.5) is 5.82 Å². The average molecular weight is 279 g/mol. The van der Waals surface area contributed by atoms with Crippen molar-refractivity contribution in [1.29, 1.82) is 0 Å². The van der Waals surface area contributed by atoms with Crippen molar-refractivity contribution >= 4 is 5.82 Å². The summed E-state index contributed by atoms with van der Waals surface area (Å²) in [6, 6.07) is 1.85. The van der Waals surface area contributed by atoms with Crippen molar-refractivity contribution in [3.8, 4) is 5.88 Å². The number of ether oxygens (including phenoxy) is 2. The molecule has 1 N–H and O–H groups in total. The summed E-state index contributed by atoms with van der Waals surface area (Å²) in [4.78, 5) is 8.76. The minimum atomic E-state index is 0.422. The number of rotatable bonds is 7. The van der Waals surface area contributed by atoms with Crippen molar-refractivity contribution in [1.82, 2.24) is 9.97 Å². The molecule has 0 aliphatic heterocycles. The molecule has 1 aliphatic carbocycles. The Kier molecular flexibility index (Phi) is 6.05. The molecule has 0 amide bonds. The molecule has 1 aromatic heterocycles. The smallest absolute Gasteiger partial charge is 0.218 e. The average Bonchev–Trinajstić information content (AvgIpc) is 2.51. The molecule has 1 fully saturated rings. The summed E-state index contributed by atoms with van der Waals surface area (Å²) in [5.74, 6) is 2.75. The molecule has 1 aliphatic rings. The fourth-order valence-electron chi connectivity index (χ4n) is 2.49. The van der Waals surface area contributed by atoms with Gasteiger partial charge in [-0.05, 0) is 25.7 Å². The van der Waals surface area contributed by atoms with Crippen LogP contribution in [0.1, 0.15) is 44.9 Å². The highest BCUT2D eigenvalue weighted by atomic mass is 16.5. The van der Waals surface area contributed by atoms with E-state index in [1.165, 1.54) is 32.1 Å². The van der Waals surface area contributed by atoms with Gasteiger partial charge in [-0.25, -0.2) is 4.98 Å². The number of nitrogens with zero attached hydrogens (tertiary/aromatic N) is 2. The maximum Gasteiger partial charge on any atom is 0.218 e. The molecule has 1 saturated carbocycles. The molecule has 0 atom stereocenters. The Morgan fingerprint density at radius 1 is 1.25 bits per heavy atom. The van der Waals surface area contributed by atoms with E-state index in [0.29, 0.717) is 30.8 Å². The Hall–Kier alpha value is -1.36. The molecule has 20 heavy (non-hydrogen) atoms. The molecule has 0 bridgehead atoms. The van der Waals surface area contributed by atoms with E-state index in [0.717, 1.165) is 12.4 Å². The SMILES string of the molecule is CCOCc1nc(NC)cc(OCC2CCCCC2)n1. The molecule has 0 aromatic carbocycles. The van der Waals surface area contributed by atoms with Crippen molar-refractivity contribution in [2.75, 3.05) is 25.6 Å². The molecule has 5 heteroatoms. The summed E-state index contributed by atoms with van der Waals surface area (Å²) in [5.41, 5.74) is 0. The van der Waals surface area contributed by atoms with E-state index in [2.05, 4.69) is 15.3 Å². The number of aromatic nitrogens is 2. The van der Waals surface area contributed by atoms with Gasteiger partial charge in [0.05, 0.1) is 6.61 Å². The van der Waals surface area contributed by atoms with E-state index < -0.39 is 0 Å². The van der Waals surface area contributed by atoms with Crippen LogP contribution in [0, 0.1) is 5.92 Å². The number of hydrogen-bond acceptors (Lipinski definition) is 5. The maximum absolute atomic E-state index is 5.86. The Labute approximate surface area is 121 Å². The number of hydrogen-bond donors (Lipinski definition) is 1. The lowest BCUT2D eigenvalue weighted by Crippen LogP contribution is -2.16. The largest absolute Gasteiger partial charge is 0.477 e. The Morgan fingerprint density at radius 2 is 2.05 bits per heavy atom. The summed E-state index contributed by atoms with van der Waals surface area (Å²) in [5, 5.41) is 3.04. The lowest BCUT2D eigenvalue weighted by Gasteiger charge is -2.21. The monoisotopic (exact) mass is 279 g/mol. The maximum atomic E-state index is 5.86. The second kappa shape index (κ2) is 8.04. The van der Waals surface area contributed by atoms with Gasteiger partial charge in [0.2, 0.25) is 5.88 Å². The molecular formula is C15H25N3O2. The second-order valence-electron chi connectivity index (χ2n) is 5.21. The Bertz CT molecular complexity index is 406. The molecule has 112 valence electrons. The zero-order chi connectivity index (χ0) is 14.2. The second-order valence-corrected chi connectivity index (χ2v) is 5.21. The van der Waals surface area contributed by atoms with Gasteiger partial charge in [-0.1, -0.05) is 19.3 Å². The first-order valence-electron chi connectivity index (χ1n) is 7.58. The molecule has 0 unspecified atom stereocenters. The van der Waals surface area contributed by atoms with Crippen LogP contribution in [-0.2, 0) is 11.3 Å². The van der Waals surface area contributed by atoms with Crippen LogP contribution >= 0.6 is 0 Å². The van der Waals surface area contributed by atoms with Crippen LogP contribution < -0.4 is 10.1 Å². The van der Waals surface area contributed by atoms with Crippen LogP contribution in [0.15, 0.2) is 6.07 Å². The van der Waals surface area contributed by atoms with Gasteiger partial charge in [-0.2, -0.15) is 4.98 Å². The molecule has 5 nitrogen and oxygen atoms in total. The minimum absolute atomic E-state index is 0.422. The van der Waals surface area contributed by atoms with E-state index in [1.54, 1.807) is 0 Å². The van der Waals surface area contributed by atoms with Gasteiger partial charge in [-0.3, -0.25) is 0 Å². The van der Waals surface area contributed by atoms with E-state index in [1.807, 2.05) is 20.0 Å². The minimum Gasteiger partial charge on any atom is -0.477 e. The third-order valence-electron chi connectivity index (χ3n) is 3.63. The van der Waals surface area contributed by atoms with Crippen molar-refractivity contribution < 1.29 is 9.47 Å². The van der Waals surface area contributed by atoms with E-state index in [-0.39, 0.29) is 0 Å². The van der Waals surface area contributed by atoms with Crippen molar-refractivity contribution in [2.24, 2.45) is 5.92 Å². The lowest BCUT2D eigenvalue weighted by molar-refractivity contribution is 0.127. The molecule has 0 saturated heterocycles. The van der Waals surface area contributed by atoms with Gasteiger partial charge >= 0.3 is 0 Å². The summed E-state index contributed by atoms with van der Waals surface area (Å²) < 4.78 is 11.2. The summed E-state index contributed by atoms with van der Waals surface area (Å²) in [7, 11) is 1.84. The number of anilines is 1. The summed E-state index contributed by atoms with van der Waals surface area (Å²) in [6.45, 7) is 3.80. The summed E-state index contributed by atoms with van der Waals surface area (Å²) >= 11 is 0. The molecular weight excluding hydrogens is 254 g/mol. The van der Waals surface area contributed by atoms with Crippen LogP contribution in [0.2, 0.25) is 0 Å². The first-order valence-corrected chi connectivity index (χ1v) is 7.58. The Balaban J connectivity index is 1.94. The summed E-state index contributed by atoms with van der Waals surface area (Å²) in [6.07, 6.45) is 6.57. The van der Waals surface area contributed by atoms with Crippen molar-refractivity contribution in [3.05, 3.63) is 11.9 Å². The van der Waals surface area contributed by atoms with Gasteiger partial charge in [-0.15, -0.1) is 0 Å². The third kappa shape index (κ3) is 4.63.